The fourth-order valence-corrected chi connectivity index (χ4v) is 3.56. The van der Waals surface area contributed by atoms with E-state index in [1.807, 2.05) is 36.2 Å². The van der Waals surface area contributed by atoms with Crippen molar-refractivity contribution in [3.8, 4) is 0 Å². The Bertz CT molecular complexity index is 474. The highest BCUT2D eigenvalue weighted by Crippen LogP contribution is 2.37. The van der Waals surface area contributed by atoms with E-state index in [-0.39, 0.29) is 18.0 Å². The molecule has 3 nitrogen and oxygen atoms in total. The van der Waals surface area contributed by atoms with Gasteiger partial charge in [0.1, 0.15) is 6.17 Å². The summed E-state index contributed by atoms with van der Waals surface area (Å²) in [6.45, 7) is 0.799. The van der Waals surface area contributed by atoms with Crippen LogP contribution in [0.25, 0.3) is 0 Å². The second-order valence-corrected chi connectivity index (χ2v) is 5.89. The third-order valence-electron chi connectivity index (χ3n) is 4.49. The molecule has 2 fully saturated rings. The Morgan fingerprint density at radius 2 is 1.85 bits per heavy atom. The second-order valence-electron chi connectivity index (χ2n) is 5.89. The summed E-state index contributed by atoms with van der Waals surface area (Å²) in [6, 6.07) is 7.94. The van der Waals surface area contributed by atoms with Gasteiger partial charge in [-0.25, -0.2) is 4.39 Å². The number of amides is 1. The van der Waals surface area contributed by atoms with Crippen molar-refractivity contribution in [3.05, 3.63) is 35.4 Å². The zero-order valence-electron chi connectivity index (χ0n) is 11.8. The topological polar surface area (TPSA) is 32.3 Å². The Labute approximate surface area is 119 Å². The van der Waals surface area contributed by atoms with Crippen molar-refractivity contribution in [3.63, 3.8) is 0 Å². The second kappa shape index (κ2) is 5.52. The molecule has 0 saturated carbocycles. The Balaban J connectivity index is 1.76. The quantitative estimate of drug-likeness (QED) is 0.920. The Morgan fingerprint density at radius 3 is 2.40 bits per heavy atom. The molecule has 4 heteroatoms. The third kappa shape index (κ3) is 2.44. The van der Waals surface area contributed by atoms with Crippen LogP contribution < -0.4 is 5.32 Å². The van der Waals surface area contributed by atoms with E-state index < -0.39 is 6.17 Å². The molecule has 3 rings (SSSR count). The average Bonchev–Trinajstić information content (AvgIpc) is 2.71. The number of hydrogen-bond acceptors (Lipinski definition) is 2. The van der Waals surface area contributed by atoms with Crippen molar-refractivity contribution < 1.29 is 9.18 Å². The zero-order chi connectivity index (χ0) is 14.1. The molecule has 2 atom stereocenters. The monoisotopic (exact) mass is 276 g/mol. The Kier molecular flexibility index (Phi) is 3.74. The van der Waals surface area contributed by atoms with Crippen molar-refractivity contribution in [2.75, 3.05) is 7.05 Å². The first kappa shape index (κ1) is 13.6. The van der Waals surface area contributed by atoms with Crippen molar-refractivity contribution in [2.45, 2.75) is 50.5 Å². The van der Waals surface area contributed by atoms with Gasteiger partial charge in [0.25, 0.3) is 5.91 Å². The molecule has 1 amide bonds. The fourth-order valence-electron chi connectivity index (χ4n) is 3.56. The molecule has 2 aliphatic rings. The number of halogens is 1. The molecule has 1 N–H and O–H groups in total. The standard InChI is InChI=1S/C16H21FN2O/c1-18-10-11-2-4-12(5-3-11)16(20)19-14-6-7-15(19)9-13(17)8-14/h2-5,13-15,18H,6-10H2,1H3. The number of alkyl halides is 1. The number of piperidine rings is 1. The van der Waals surface area contributed by atoms with E-state index in [9.17, 15) is 9.18 Å². The van der Waals surface area contributed by atoms with Crippen molar-refractivity contribution >= 4 is 5.91 Å². The Hall–Kier alpha value is -1.42. The minimum Gasteiger partial charge on any atom is -0.332 e. The van der Waals surface area contributed by atoms with Gasteiger partial charge in [-0.3, -0.25) is 4.79 Å². The minimum absolute atomic E-state index is 0.0698. The van der Waals surface area contributed by atoms with E-state index in [2.05, 4.69) is 5.32 Å². The van der Waals surface area contributed by atoms with Crippen molar-refractivity contribution in [2.24, 2.45) is 0 Å². The first-order valence-electron chi connectivity index (χ1n) is 7.39. The number of benzene rings is 1. The lowest BCUT2D eigenvalue weighted by molar-refractivity contribution is 0.0479. The molecule has 1 aromatic carbocycles. The summed E-state index contributed by atoms with van der Waals surface area (Å²) >= 11 is 0. The predicted octanol–water partition coefficient (Wildman–Crippen LogP) is 2.51. The summed E-state index contributed by atoms with van der Waals surface area (Å²) in [5, 5.41) is 3.09. The number of carbonyl (C=O) groups excluding carboxylic acids is 1. The summed E-state index contributed by atoms with van der Waals surface area (Å²) in [6.07, 6.45) is 2.21. The van der Waals surface area contributed by atoms with Crippen LogP contribution in [0.1, 0.15) is 41.6 Å². The van der Waals surface area contributed by atoms with Gasteiger partial charge in [-0.1, -0.05) is 12.1 Å². The zero-order valence-corrected chi connectivity index (χ0v) is 11.8. The van der Waals surface area contributed by atoms with Gasteiger partial charge < -0.3 is 10.2 Å². The predicted molar refractivity (Wildman–Crippen MR) is 76.3 cm³/mol. The molecule has 2 unspecified atom stereocenters. The number of fused-ring (bicyclic) bond motifs is 2. The van der Waals surface area contributed by atoms with Gasteiger partial charge in [-0.15, -0.1) is 0 Å². The summed E-state index contributed by atoms with van der Waals surface area (Å²) in [4.78, 5) is 14.6. The summed E-state index contributed by atoms with van der Waals surface area (Å²) in [5.74, 6) is 0.0698. The smallest absolute Gasteiger partial charge is 0.254 e. The molecule has 20 heavy (non-hydrogen) atoms. The van der Waals surface area contributed by atoms with E-state index in [1.54, 1.807) is 0 Å². The molecule has 2 heterocycles. The highest BCUT2D eigenvalue weighted by molar-refractivity contribution is 5.95. The van der Waals surface area contributed by atoms with Crippen LogP contribution in [0, 0.1) is 0 Å². The molecule has 1 aromatic rings. The van der Waals surface area contributed by atoms with Crippen LogP contribution in [-0.2, 0) is 6.54 Å². The van der Waals surface area contributed by atoms with E-state index in [0.717, 1.165) is 30.5 Å². The van der Waals surface area contributed by atoms with E-state index >= 15 is 0 Å². The van der Waals surface area contributed by atoms with Crippen LogP contribution in [0.4, 0.5) is 4.39 Å². The average molecular weight is 276 g/mol. The van der Waals surface area contributed by atoms with Crippen LogP contribution in [0.2, 0.25) is 0 Å². The van der Waals surface area contributed by atoms with Crippen LogP contribution >= 0.6 is 0 Å². The van der Waals surface area contributed by atoms with Crippen LogP contribution in [0.5, 0.6) is 0 Å². The third-order valence-corrected chi connectivity index (χ3v) is 4.49. The molecular formula is C16H21FN2O. The molecule has 0 aliphatic carbocycles. The maximum atomic E-state index is 13.6. The number of carbonyl (C=O) groups is 1. The van der Waals surface area contributed by atoms with Crippen LogP contribution in [0.3, 0.4) is 0 Å². The summed E-state index contributed by atoms with van der Waals surface area (Å²) in [5.41, 5.74) is 1.88. The van der Waals surface area contributed by atoms with Crippen LogP contribution in [-0.4, -0.2) is 36.1 Å². The lowest BCUT2D eigenvalue weighted by Gasteiger charge is -2.36. The van der Waals surface area contributed by atoms with Crippen molar-refractivity contribution in [1.29, 1.82) is 0 Å². The maximum Gasteiger partial charge on any atom is 0.254 e. The van der Waals surface area contributed by atoms with Gasteiger partial charge in [0, 0.05) is 24.2 Å². The number of hydrogen-bond donors (Lipinski definition) is 1. The number of nitrogens with one attached hydrogen (secondary N) is 1. The minimum atomic E-state index is -0.727. The largest absolute Gasteiger partial charge is 0.332 e. The number of rotatable bonds is 3. The van der Waals surface area contributed by atoms with Gasteiger partial charge in [0.2, 0.25) is 0 Å². The first-order chi connectivity index (χ1) is 9.69. The van der Waals surface area contributed by atoms with E-state index in [0.29, 0.717) is 12.8 Å². The van der Waals surface area contributed by atoms with Gasteiger partial charge in [-0.05, 0) is 50.4 Å². The first-order valence-corrected chi connectivity index (χ1v) is 7.39. The van der Waals surface area contributed by atoms with Gasteiger partial charge >= 0.3 is 0 Å². The molecule has 2 aliphatic heterocycles. The van der Waals surface area contributed by atoms with Crippen molar-refractivity contribution in [1.82, 2.24) is 10.2 Å². The highest BCUT2D eigenvalue weighted by Gasteiger charge is 2.43. The Morgan fingerprint density at radius 1 is 1.25 bits per heavy atom. The molecule has 2 saturated heterocycles. The molecule has 0 aromatic heterocycles. The van der Waals surface area contributed by atoms with Crippen LogP contribution in [0.15, 0.2) is 24.3 Å². The fraction of sp³-hybridized carbons (Fsp3) is 0.562. The summed E-state index contributed by atoms with van der Waals surface area (Å²) in [7, 11) is 1.90. The molecule has 0 spiro atoms. The molecular weight excluding hydrogens is 255 g/mol. The highest BCUT2D eigenvalue weighted by atomic mass is 19.1. The molecule has 108 valence electrons. The number of nitrogens with zero attached hydrogens (tertiary/aromatic N) is 1. The van der Waals surface area contributed by atoms with E-state index in [4.69, 9.17) is 0 Å². The lowest BCUT2D eigenvalue weighted by Crippen LogP contribution is -2.47. The SMILES string of the molecule is CNCc1ccc(C(=O)N2C3CCC2CC(F)C3)cc1. The molecule has 0 radical (unpaired) electrons. The normalized spacial score (nSPS) is 28.7. The summed E-state index contributed by atoms with van der Waals surface area (Å²) < 4.78 is 13.6. The van der Waals surface area contributed by atoms with Gasteiger partial charge in [0.15, 0.2) is 0 Å². The van der Waals surface area contributed by atoms with E-state index in [1.165, 1.54) is 0 Å². The van der Waals surface area contributed by atoms with Gasteiger partial charge in [0.05, 0.1) is 0 Å². The van der Waals surface area contributed by atoms with Gasteiger partial charge in [-0.2, -0.15) is 0 Å². The molecule has 2 bridgehead atoms. The lowest BCUT2D eigenvalue weighted by atomic mass is 9.99. The maximum absolute atomic E-state index is 13.6.